The minimum absolute atomic E-state index is 0.783. The number of hydrogen-bond acceptors (Lipinski definition) is 1. The van der Waals surface area contributed by atoms with Crippen molar-refractivity contribution in [3.05, 3.63) is 0 Å². The van der Waals surface area contributed by atoms with Crippen LogP contribution in [0.1, 0.15) is 110 Å². The normalized spacial score (nSPS) is 12.0. The zero-order chi connectivity index (χ0) is 16.5. The predicted molar refractivity (Wildman–Crippen MR) is 110 cm³/mol. The van der Waals surface area contributed by atoms with Crippen LogP contribution in [-0.2, 0) is 4.57 Å². The van der Waals surface area contributed by atoms with E-state index in [0.29, 0.717) is 0 Å². The van der Waals surface area contributed by atoms with Crippen molar-refractivity contribution in [2.75, 3.05) is 6.16 Å². The zero-order valence-electron chi connectivity index (χ0n) is 14.6. The quantitative estimate of drug-likeness (QED) is 0.156. The van der Waals surface area contributed by atoms with Crippen LogP contribution in [0.5, 0.6) is 0 Å². The Kier molecular flexibility index (Phi) is 17.9. The van der Waals surface area contributed by atoms with Gasteiger partial charge in [-0.25, -0.2) is 0 Å². The highest BCUT2D eigenvalue weighted by atomic mass is 79.9. The summed E-state index contributed by atoms with van der Waals surface area (Å²) in [5.41, 5.74) is 0. The van der Waals surface area contributed by atoms with Crippen molar-refractivity contribution >= 4 is 35.5 Å². The summed E-state index contributed by atoms with van der Waals surface area (Å²) < 4.78 is 9.27. The molecular formula is C18H37Br2OP. The molecule has 0 saturated carbocycles. The van der Waals surface area contributed by atoms with E-state index in [9.17, 15) is 4.57 Å². The molecule has 0 saturated heterocycles. The smallest absolute Gasteiger partial charge is 0.208 e. The lowest BCUT2D eigenvalue weighted by atomic mass is 10.0. The third kappa shape index (κ3) is 21.2. The fourth-order valence-corrected chi connectivity index (χ4v) is 4.94. The molecule has 134 valence electrons. The monoisotopic (exact) mass is 458 g/mol. The Balaban J connectivity index is 3.01. The lowest BCUT2D eigenvalue weighted by Gasteiger charge is -2.04. The van der Waals surface area contributed by atoms with Crippen LogP contribution in [-0.4, -0.2) is 6.16 Å². The van der Waals surface area contributed by atoms with Crippen LogP contribution in [0.3, 0.4) is 0 Å². The van der Waals surface area contributed by atoms with E-state index in [1.807, 2.05) is 0 Å². The lowest BCUT2D eigenvalue weighted by Crippen LogP contribution is -1.84. The van der Waals surface area contributed by atoms with E-state index in [-0.39, 0.29) is 0 Å². The van der Waals surface area contributed by atoms with Crippen LogP contribution >= 0.6 is 35.5 Å². The molecule has 0 spiro atoms. The van der Waals surface area contributed by atoms with E-state index >= 15 is 0 Å². The van der Waals surface area contributed by atoms with Crippen molar-refractivity contribution in [3.63, 3.8) is 0 Å². The SMILES string of the molecule is CCCCCCCCCCCCCCCCCCP(=O)(Br)Br. The summed E-state index contributed by atoms with van der Waals surface area (Å²) in [5, 5.41) is 0. The van der Waals surface area contributed by atoms with Crippen molar-refractivity contribution in [3.8, 4) is 0 Å². The molecule has 1 nitrogen and oxygen atoms in total. The Morgan fingerprint density at radius 1 is 0.545 bits per heavy atom. The van der Waals surface area contributed by atoms with E-state index in [2.05, 4.69) is 37.9 Å². The van der Waals surface area contributed by atoms with E-state index in [4.69, 9.17) is 0 Å². The molecule has 22 heavy (non-hydrogen) atoms. The van der Waals surface area contributed by atoms with E-state index in [1.54, 1.807) is 0 Å². The van der Waals surface area contributed by atoms with Gasteiger partial charge in [-0.05, 0) is 37.4 Å². The van der Waals surface area contributed by atoms with Crippen LogP contribution in [0.4, 0.5) is 0 Å². The Morgan fingerprint density at radius 2 is 0.818 bits per heavy atom. The molecule has 0 atom stereocenters. The molecule has 0 aromatic heterocycles. The molecule has 0 unspecified atom stereocenters. The van der Waals surface area contributed by atoms with Crippen LogP contribution in [0.15, 0.2) is 0 Å². The first-order valence-electron chi connectivity index (χ1n) is 9.54. The molecule has 0 amide bonds. The molecule has 0 aromatic rings. The third-order valence-electron chi connectivity index (χ3n) is 4.27. The van der Waals surface area contributed by atoms with Crippen molar-refractivity contribution < 1.29 is 4.57 Å². The van der Waals surface area contributed by atoms with E-state index in [0.717, 1.165) is 12.6 Å². The molecule has 0 radical (unpaired) electrons. The number of hydrogen-bond donors (Lipinski definition) is 0. The maximum absolute atomic E-state index is 11.4. The molecule has 0 N–H and O–H groups in total. The zero-order valence-corrected chi connectivity index (χ0v) is 18.7. The van der Waals surface area contributed by atoms with Gasteiger partial charge in [0.2, 0.25) is 4.55 Å². The van der Waals surface area contributed by atoms with Gasteiger partial charge >= 0.3 is 0 Å². The molecule has 0 bridgehead atoms. The Hall–Kier alpha value is 1.19. The van der Waals surface area contributed by atoms with Gasteiger partial charge in [-0.15, -0.1) is 0 Å². The summed E-state index contributed by atoms with van der Waals surface area (Å²) in [7, 11) is 0. The van der Waals surface area contributed by atoms with Gasteiger partial charge in [-0.1, -0.05) is 103 Å². The topological polar surface area (TPSA) is 17.1 Å². The molecule has 0 aliphatic carbocycles. The third-order valence-corrected chi connectivity index (χ3v) is 7.24. The molecule has 0 aromatic carbocycles. The van der Waals surface area contributed by atoms with Gasteiger partial charge in [-0.2, -0.15) is 0 Å². The Bertz CT molecular complexity index is 266. The van der Waals surface area contributed by atoms with Gasteiger partial charge < -0.3 is 0 Å². The Labute approximate surface area is 155 Å². The minimum atomic E-state index is -2.13. The molecule has 0 aliphatic rings. The average Bonchev–Trinajstić information content (AvgIpc) is 2.45. The fourth-order valence-electron chi connectivity index (χ4n) is 2.84. The van der Waals surface area contributed by atoms with Crippen LogP contribution in [0.25, 0.3) is 0 Å². The van der Waals surface area contributed by atoms with Crippen LogP contribution in [0, 0.1) is 0 Å². The molecule has 0 rings (SSSR count). The summed E-state index contributed by atoms with van der Waals surface area (Å²) in [6, 6.07) is 0. The lowest BCUT2D eigenvalue weighted by molar-refractivity contribution is 0.531. The maximum atomic E-state index is 11.4. The average molecular weight is 460 g/mol. The van der Waals surface area contributed by atoms with Gasteiger partial charge in [-0.3, -0.25) is 4.57 Å². The van der Waals surface area contributed by atoms with Gasteiger partial charge in [0.1, 0.15) is 0 Å². The highest BCUT2D eigenvalue weighted by Gasteiger charge is 2.10. The number of halogens is 2. The molecule has 0 fully saturated rings. The van der Waals surface area contributed by atoms with Gasteiger partial charge in [0, 0.05) is 6.16 Å². The standard InChI is InChI=1S/C18H37Br2OP/c1-2-3-4-5-6-7-8-9-10-11-12-13-14-15-16-17-18-22(19,20)21/h2-18H2,1H3. The fraction of sp³-hybridized carbons (Fsp3) is 1.00. The summed E-state index contributed by atoms with van der Waals surface area (Å²) in [6.07, 6.45) is 22.9. The summed E-state index contributed by atoms with van der Waals surface area (Å²) in [4.78, 5) is 0. The van der Waals surface area contributed by atoms with E-state index in [1.165, 1.54) is 96.3 Å². The predicted octanol–water partition coefficient (Wildman–Crippen LogP) is 9.23. The first-order valence-corrected chi connectivity index (χ1v) is 15.5. The maximum Gasteiger partial charge on any atom is 0.208 e. The molecule has 0 heterocycles. The molecule has 4 heteroatoms. The van der Waals surface area contributed by atoms with Crippen LogP contribution < -0.4 is 0 Å². The van der Waals surface area contributed by atoms with Gasteiger partial charge in [0.15, 0.2) is 0 Å². The second kappa shape index (κ2) is 17.0. The van der Waals surface area contributed by atoms with Crippen LogP contribution in [0.2, 0.25) is 0 Å². The second-order valence-electron chi connectivity index (χ2n) is 6.60. The largest absolute Gasteiger partial charge is 0.300 e. The second-order valence-corrected chi connectivity index (χ2v) is 17.9. The van der Waals surface area contributed by atoms with Gasteiger partial charge in [0.05, 0.1) is 0 Å². The van der Waals surface area contributed by atoms with Crippen molar-refractivity contribution in [1.29, 1.82) is 0 Å². The minimum Gasteiger partial charge on any atom is -0.300 e. The summed E-state index contributed by atoms with van der Waals surface area (Å²) in [6.45, 7) is 2.28. The van der Waals surface area contributed by atoms with E-state index < -0.39 is 4.55 Å². The summed E-state index contributed by atoms with van der Waals surface area (Å²) in [5.74, 6) is 0. The number of unbranched alkanes of at least 4 members (excludes halogenated alkanes) is 15. The van der Waals surface area contributed by atoms with Crippen molar-refractivity contribution in [2.45, 2.75) is 110 Å². The summed E-state index contributed by atoms with van der Waals surface area (Å²) >= 11 is 6.39. The molecular weight excluding hydrogens is 423 g/mol. The highest BCUT2D eigenvalue weighted by molar-refractivity contribution is 9.70. The number of rotatable bonds is 17. The first kappa shape index (κ1) is 23.2. The van der Waals surface area contributed by atoms with Crippen molar-refractivity contribution in [2.24, 2.45) is 0 Å². The molecule has 0 aliphatic heterocycles. The highest BCUT2D eigenvalue weighted by Crippen LogP contribution is 2.61. The van der Waals surface area contributed by atoms with Crippen molar-refractivity contribution in [1.82, 2.24) is 0 Å². The first-order chi connectivity index (χ1) is 10.6. The van der Waals surface area contributed by atoms with Gasteiger partial charge in [0.25, 0.3) is 0 Å². The Morgan fingerprint density at radius 3 is 1.09 bits per heavy atom.